The van der Waals surface area contributed by atoms with Gasteiger partial charge in [0.25, 0.3) is 0 Å². The van der Waals surface area contributed by atoms with Crippen molar-refractivity contribution in [1.82, 2.24) is 4.98 Å². The summed E-state index contributed by atoms with van der Waals surface area (Å²) in [5.41, 5.74) is 16.6. The molecule has 8 aromatic rings. The molecule has 0 fully saturated rings. The predicted molar refractivity (Wildman–Crippen MR) is 311 cm³/mol. The largest absolute Gasteiger partial charge is 0.311 e. The molecule has 0 saturated heterocycles. The molecule has 0 spiro atoms. The Kier molecular flexibility index (Phi) is 17.6. The van der Waals surface area contributed by atoms with Crippen molar-refractivity contribution in [2.45, 2.75) is 135 Å². The van der Waals surface area contributed by atoms with Crippen molar-refractivity contribution in [2.75, 3.05) is 4.90 Å². The van der Waals surface area contributed by atoms with E-state index in [1.165, 1.54) is 159 Å². The third kappa shape index (κ3) is 12.6. The fraction of sp³-hybridized carbons (Fsp3) is 0.309. The number of fused-ring (bicyclic) bond motifs is 4. The number of thiazole rings is 1. The quantitative estimate of drug-likeness (QED) is 0.0397. The minimum absolute atomic E-state index is 0.0122. The normalized spacial score (nSPS) is 12.8. The number of unbranched alkanes of at least 4 members (excludes halogenated alkanes) is 14. The minimum Gasteiger partial charge on any atom is -0.311 e. The van der Waals surface area contributed by atoms with Gasteiger partial charge in [0.1, 0.15) is 5.01 Å². The van der Waals surface area contributed by atoms with Gasteiger partial charge in [-0.05, 0) is 106 Å². The average Bonchev–Trinajstić information content (AvgIpc) is 3.97. The summed E-state index contributed by atoms with van der Waals surface area (Å²) in [7, 11) is 0. The smallest absolute Gasteiger partial charge is 0.124 e. The lowest BCUT2D eigenvalue weighted by Gasteiger charge is -2.33. The third-order valence-corrected chi connectivity index (χ3v) is 16.0. The molecule has 1 aliphatic rings. The molecule has 3 heteroatoms. The van der Waals surface area contributed by atoms with Gasteiger partial charge < -0.3 is 4.90 Å². The molecule has 0 unspecified atom stereocenters. The van der Waals surface area contributed by atoms with E-state index in [0.29, 0.717) is 0 Å². The van der Waals surface area contributed by atoms with Gasteiger partial charge >= 0.3 is 0 Å². The standard InChI is InChI=1S/C68H74N2S/c1-3-5-7-9-11-13-15-25-49-68(50-26-16-14-12-10-8-6-4-2)63-51-55(35-33-53-37-43-57(44-38-53)67-69-65-31-23-24-32-66(65)71-67)41-47-61(63)62-48-42-56(52-64(62)68)36-34-54-39-45-60(46-40-54)70(58-27-19-17-20-28-58)59-29-21-18-22-30-59/h17-24,27-48,51-52H,3-16,25-26,49-50H2,1-2H3/b35-33+,36-34+. The Balaban J connectivity index is 0.998. The van der Waals surface area contributed by atoms with Gasteiger partial charge in [0.15, 0.2) is 0 Å². The summed E-state index contributed by atoms with van der Waals surface area (Å²) in [6, 6.07) is 62.4. The van der Waals surface area contributed by atoms with E-state index in [2.05, 4.69) is 213 Å². The Bertz CT molecular complexity index is 2850. The molecule has 1 aliphatic carbocycles. The van der Waals surface area contributed by atoms with E-state index in [4.69, 9.17) is 4.98 Å². The van der Waals surface area contributed by atoms with Crippen molar-refractivity contribution in [1.29, 1.82) is 0 Å². The Hall–Kier alpha value is -6.29. The van der Waals surface area contributed by atoms with Gasteiger partial charge in [-0.2, -0.15) is 0 Å². The maximum absolute atomic E-state index is 4.91. The first kappa shape index (κ1) is 49.7. The van der Waals surface area contributed by atoms with Crippen molar-refractivity contribution < 1.29 is 0 Å². The predicted octanol–water partition coefficient (Wildman–Crippen LogP) is 21.1. The van der Waals surface area contributed by atoms with Crippen LogP contribution in [0.1, 0.15) is 163 Å². The summed E-state index contributed by atoms with van der Waals surface area (Å²) in [6.45, 7) is 4.64. The molecule has 0 N–H and O–H groups in total. The number of hydrogen-bond donors (Lipinski definition) is 0. The van der Waals surface area contributed by atoms with Crippen molar-refractivity contribution in [3.63, 3.8) is 0 Å². The molecule has 1 aromatic heterocycles. The molecular formula is C68H74N2S. The van der Waals surface area contributed by atoms with Crippen molar-refractivity contribution >= 4 is 62.9 Å². The maximum atomic E-state index is 4.91. The second-order valence-corrected chi connectivity index (χ2v) is 21.0. The summed E-state index contributed by atoms with van der Waals surface area (Å²) < 4.78 is 1.23. The van der Waals surface area contributed by atoms with Gasteiger partial charge in [0.05, 0.1) is 10.2 Å². The number of para-hydroxylation sites is 3. The van der Waals surface area contributed by atoms with Gasteiger partial charge in [-0.25, -0.2) is 4.98 Å². The molecule has 0 radical (unpaired) electrons. The maximum Gasteiger partial charge on any atom is 0.124 e. The molecule has 9 rings (SSSR count). The first-order valence-electron chi connectivity index (χ1n) is 27.2. The van der Waals surface area contributed by atoms with Crippen LogP contribution in [0.15, 0.2) is 170 Å². The zero-order chi connectivity index (χ0) is 48.5. The van der Waals surface area contributed by atoms with Crippen LogP contribution in [-0.4, -0.2) is 4.98 Å². The lowest BCUT2D eigenvalue weighted by molar-refractivity contribution is 0.397. The number of hydrogen-bond acceptors (Lipinski definition) is 3. The summed E-state index contributed by atoms with van der Waals surface area (Å²) in [5, 5.41) is 1.08. The van der Waals surface area contributed by atoms with Gasteiger partial charge in [-0.1, -0.05) is 262 Å². The van der Waals surface area contributed by atoms with Crippen LogP contribution in [0, 0.1) is 0 Å². The van der Waals surface area contributed by atoms with Crippen LogP contribution >= 0.6 is 11.3 Å². The number of anilines is 3. The molecule has 71 heavy (non-hydrogen) atoms. The minimum atomic E-state index is -0.0122. The molecule has 0 atom stereocenters. The van der Waals surface area contributed by atoms with Gasteiger partial charge in [0, 0.05) is 28.0 Å². The van der Waals surface area contributed by atoms with E-state index in [0.717, 1.165) is 27.6 Å². The van der Waals surface area contributed by atoms with Crippen molar-refractivity contribution in [2.24, 2.45) is 0 Å². The van der Waals surface area contributed by atoms with E-state index >= 15 is 0 Å². The van der Waals surface area contributed by atoms with Gasteiger partial charge in [-0.3, -0.25) is 0 Å². The zero-order valence-electron chi connectivity index (χ0n) is 42.5. The monoisotopic (exact) mass is 951 g/mol. The number of benzene rings is 7. The zero-order valence-corrected chi connectivity index (χ0v) is 43.3. The highest BCUT2D eigenvalue weighted by Crippen LogP contribution is 2.55. The first-order valence-corrected chi connectivity index (χ1v) is 28.1. The highest BCUT2D eigenvalue weighted by Gasteiger charge is 2.42. The van der Waals surface area contributed by atoms with Crippen LogP contribution in [0.3, 0.4) is 0 Å². The van der Waals surface area contributed by atoms with Gasteiger partial charge in [-0.15, -0.1) is 11.3 Å². The van der Waals surface area contributed by atoms with E-state index in [9.17, 15) is 0 Å². The van der Waals surface area contributed by atoms with E-state index < -0.39 is 0 Å². The second kappa shape index (κ2) is 25.2. The molecular weight excluding hydrogens is 877 g/mol. The van der Waals surface area contributed by atoms with Gasteiger partial charge in [0.2, 0.25) is 0 Å². The topological polar surface area (TPSA) is 16.1 Å². The molecule has 0 saturated carbocycles. The molecule has 1 heterocycles. The molecule has 0 amide bonds. The number of rotatable bonds is 26. The van der Waals surface area contributed by atoms with Crippen LogP contribution in [0.2, 0.25) is 0 Å². The highest BCUT2D eigenvalue weighted by atomic mass is 32.1. The van der Waals surface area contributed by atoms with Crippen molar-refractivity contribution in [3.8, 4) is 21.7 Å². The van der Waals surface area contributed by atoms with Crippen LogP contribution in [0.25, 0.3) is 56.2 Å². The van der Waals surface area contributed by atoms with E-state index in [1.54, 1.807) is 22.5 Å². The molecule has 362 valence electrons. The molecule has 2 nitrogen and oxygen atoms in total. The molecule has 7 aromatic carbocycles. The fourth-order valence-electron chi connectivity index (χ4n) is 11.0. The SMILES string of the molecule is CCCCCCCCCCC1(CCCCCCCCCC)c2cc(/C=C/c3ccc(-c4nc5ccccc5s4)cc3)ccc2-c2ccc(/C=C/c3ccc(N(c4ccccc4)c4ccccc4)cc3)cc21. The Labute approximate surface area is 430 Å². The number of nitrogens with zero attached hydrogens (tertiary/aromatic N) is 2. The summed E-state index contributed by atoms with van der Waals surface area (Å²) in [4.78, 5) is 7.24. The molecule has 0 aliphatic heterocycles. The highest BCUT2D eigenvalue weighted by molar-refractivity contribution is 7.21. The summed E-state index contributed by atoms with van der Waals surface area (Å²) in [5.74, 6) is 0. The second-order valence-electron chi connectivity index (χ2n) is 20.0. The summed E-state index contributed by atoms with van der Waals surface area (Å²) >= 11 is 1.76. The lowest BCUT2D eigenvalue weighted by atomic mass is 9.70. The van der Waals surface area contributed by atoms with Crippen LogP contribution in [-0.2, 0) is 5.41 Å². The van der Waals surface area contributed by atoms with Crippen LogP contribution in [0.5, 0.6) is 0 Å². The van der Waals surface area contributed by atoms with Crippen LogP contribution in [0.4, 0.5) is 17.1 Å². The lowest BCUT2D eigenvalue weighted by Crippen LogP contribution is -2.25. The third-order valence-electron chi connectivity index (χ3n) is 14.9. The fourth-order valence-corrected chi connectivity index (χ4v) is 11.9. The molecule has 0 bridgehead atoms. The number of aromatic nitrogens is 1. The first-order chi connectivity index (χ1) is 35.1. The van der Waals surface area contributed by atoms with Crippen LogP contribution < -0.4 is 4.90 Å². The Morgan fingerprint density at radius 2 is 0.817 bits per heavy atom. The van der Waals surface area contributed by atoms with E-state index in [-0.39, 0.29) is 5.41 Å². The Morgan fingerprint density at radius 1 is 0.408 bits per heavy atom. The van der Waals surface area contributed by atoms with E-state index in [1.807, 2.05) is 0 Å². The Morgan fingerprint density at radius 3 is 1.31 bits per heavy atom. The van der Waals surface area contributed by atoms with Crippen molar-refractivity contribution in [3.05, 3.63) is 203 Å². The average molecular weight is 951 g/mol. The summed E-state index contributed by atoms with van der Waals surface area (Å²) in [6.07, 6.45) is 33.1.